The van der Waals surface area contributed by atoms with E-state index in [1.54, 1.807) is 6.20 Å². The summed E-state index contributed by atoms with van der Waals surface area (Å²) in [6.45, 7) is 2.52. The van der Waals surface area contributed by atoms with Crippen molar-refractivity contribution < 1.29 is 23.1 Å². The highest BCUT2D eigenvalue weighted by atomic mass is 19.2. The Bertz CT molecular complexity index is 1210. The first-order valence-corrected chi connectivity index (χ1v) is 11.6. The molecule has 9 heteroatoms. The van der Waals surface area contributed by atoms with Gasteiger partial charge < -0.3 is 15.8 Å². The molecule has 3 N–H and O–H groups in total. The number of hydrogen-bond acceptors (Lipinski definition) is 6. The summed E-state index contributed by atoms with van der Waals surface area (Å²) in [6.07, 6.45) is 2.35. The number of Topliss-reactive ketones (excluding diaryl/α,β-unsaturated/α-hetero) is 1. The molecule has 0 unspecified atom stereocenters. The number of carbonyl (C=O) groups excluding carboxylic acids is 2. The van der Waals surface area contributed by atoms with Gasteiger partial charge >= 0.3 is 0 Å². The van der Waals surface area contributed by atoms with Gasteiger partial charge in [-0.25, -0.2) is 13.8 Å². The van der Waals surface area contributed by atoms with Gasteiger partial charge in [0.2, 0.25) is 5.91 Å². The van der Waals surface area contributed by atoms with Crippen molar-refractivity contribution in [1.82, 2.24) is 15.2 Å². The van der Waals surface area contributed by atoms with Crippen molar-refractivity contribution in [1.29, 1.82) is 0 Å². The van der Waals surface area contributed by atoms with Crippen LogP contribution < -0.4 is 11.1 Å². The van der Waals surface area contributed by atoms with E-state index in [0.717, 1.165) is 28.5 Å². The van der Waals surface area contributed by atoms with Crippen molar-refractivity contribution in [2.45, 2.75) is 25.3 Å². The predicted molar refractivity (Wildman–Crippen MR) is 129 cm³/mol. The van der Waals surface area contributed by atoms with E-state index < -0.39 is 17.7 Å². The van der Waals surface area contributed by atoms with Crippen LogP contribution in [0.15, 0.2) is 48.7 Å². The van der Waals surface area contributed by atoms with Crippen molar-refractivity contribution in [2.75, 3.05) is 38.6 Å². The molecular weight excluding hydrogens is 454 g/mol. The van der Waals surface area contributed by atoms with Crippen LogP contribution in [0.3, 0.4) is 0 Å². The Morgan fingerprint density at radius 3 is 2.60 bits per heavy atom. The number of carbonyl (C=O) groups is 2. The van der Waals surface area contributed by atoms with Crippen LogP contribution in [0.5, 0.6) is 0 Å². The number of rotatable bonds is 9. The highest BCUT2D eigenvalue weighted by Crippen LogP contribution is 2.21. The van der Waals surface area contributed by atoms with E-state index in [9.17, 15) is 18.4 Å². The third-order valence-corrected chi connectivity index (χ3v) is 6.14. The Balaban J connectivity index is 1.44. The lowest BCUT2D eigenvalue weighted by atomic mass is 9.96. The Morgan fingerprint density at radius 2 is 1.83 bits per heavy atom. The topological polar surface area (TPSA) is 97.5 Å². The lowest BCUT2D eigenvalue weighted by molar-refractivity contribution is -0.129. The number of nitrogen functional groups attached to an aromatic ring is 1. The minimum Gasteiger partial charge on any atom is -0.383 e. The zero-order chi connectivity index (χ0) is 24.8. The highest BCUT2D eigenvalue weighted by Gasteiger charge is 2.23. The maximum atomic E-state index is 13.7. The van der Waals surface area contributed by atoms with E-state index in [4.69, 9.17) is 10.5 Å². The zero-order valence-corrected chi connectivity index (χ0v) is 19.3. The number of ketones is 1. The van der Waals surface area contributed by atoms with Gasteiger partial charge in [0, 0.05) is 31.1 Å². The Labute approximate surface area is 202 Å². The summed E-state index contributed by atoms with van der Waals surface area (Å²) in [6, 6.07) is 10.2. The Kier molecular flexibility index (Phi) is 7.99. The number of nitrogens with one attached hydrogen (secondary N) is 1. The number of benzene rings is 2. The van der Waals surface area contributed by atoms with Crippen molar-refractivity contribution >= 4 is 28.3 Å². The molecule has 7 nitrogen and oxygen atoms in total. The molecule has 35 heavy (non-hydrogen) atoms. The van der Waals surface area contributed by atoms with Gasteiger partial charge in [-0.1, -0.05) is 24.3 Å². The average molecular weight is 483 g/mol. The van der Waals surface area contributed by atoms with E-state index in [1.807, 2.05) is 29.2 Å². The van der Waals surface area contributed by atoms with Crippen LogP contribution in [0.4, 0.5) is 14.6 Å². The molecule has 4 rings (SSSR count). The number of aryl methyl sites for hydroxylation is 1. The van der Waals surface area contributed by atoms with Crippen molar-refractivity contribution in [2.24, 2.45) is 0 Å². The second kappa shape index (κ2) is 11.3. The van der Waals surface area contributed by atoms with Crippen LogP contribution in [0, 0.1) is 11.6 Å². The number of pyridine rings is 1. The first-order chi connectivity index (χ1) is 16.9. The highest BCUT2D eigenvalue weighted by molar-refractivity contribution is 5.92. The lowest BCUT2D eigenvalue weighted by Crippen LogP contribution is -2.48. The van der Waals surface area contributed by atoms with Crippen molar-refractivity contribution in [3.63, 3.8) is 0 Å². The predicted octanol–water partition coefficient (Wildman–Crippen LogP) is 2.66. The molecule has 0 bridgehead atoms. The number of anilines is 1. The van der Waals surface area contributed by atoms with E-state index in [-0.39, 0.29) is 31.1 Å². The molecule has 2 heterocycles. The van der Waals surface area contributed by atoms with Crippen LogP contribution in [0.2, 0.25) is 0 Å². The first kappa shape index (κ1) is 24.7. The van der Waals surface area contributed by atoms with Gasteiger partial charge in [-0.2, -0.15) is 0 Å². The molecule has 1 fully saturated rings. The molecule has 0 radical (unpaired) electrons. The van der Waals surface area contributed by atoms with E-state index in [0.29, 0.717) is 44.1 Å². The van der Waals surface area contributed by atoms with E-state index in [2.05, 4.69) is 10.3 Å². The van der Waals surface area contributed by atoms with Gasteiger partial charge in [0.25, 0.3) is 0 Å². The summed E-state index contributed by atoms with van der Waals surface area (Å²) < 4.78 is 32.4. The summed E-state index contributed by atoms with van der Waals surface area (Å²) in [5, 5.41) is 4.58. The molecule has 0 aliphatic carbocycles. The summed E-state index contributed by atoms with van der Waals surface area (Å²) in [7, 11) is 0. The summed E-state index contributed by atoms with van der Waals surface area (Å²) in [4.78, 5) is 31.9. The average Bonchev–Trinajstić information content (AvgIpc) is 2.85. The maximum Gasteiger partial charge on any atom is 0.234 e. The van der Waals surface area contributed by atoms with Crippen LogP contribution >= 0.6 is 0 Å². The van der Waals surface area contributed by atoms with Gasteiger partial charge in [-0.15, -0.1) is 0 Å². The fraction of sp³-hybridized carbons (Fsp3) is 0.346. The largest absolute Gasteiger partial charge is 0.383 e. The monoisotopic (exact) mass is 482 g/mol. The number of ether oxygens (including phenoxy) is 1. The van der Waals surface area contributed by atoms with Crippen LogP contribution in [0.1, 0.15) is 17.5 Å². The third-order valence-electron chi connectivity index (χ3n) is 6.14. The molecule has 1 saturated heterocycles. The van der Waals surface area contributed by atoms with Crippen LogP contribution in [-0.4, -0.2) is 60.5 Å². The van der Waals surface area contributed by atoms with E-state index >= 15 is 0 Å². The lowest BCUT2D eigenvalue weighted by Gasteiger charge is -2.27. The molecular formula is C26H28F2N4O3. The second-order valence-electron chi connectivity index (χ2n) is 8.68. The number of fused-ring (bicyclic) bond motifs is 1. The van der Waals surface area contributed by atoms with Gasteiger partial charge in [0.15, 0.2) is 17.4 Å². The smallest absolute Gasteiger partial charge is 0.234 e. The number of amides is 1. The Morgan fingerprint density at radius 1 is 1.06 bits per heavy atom. The maximum absolute atomic E-state index is 13.7. The quantitative estimate of drug-likeness (QED) is 0.487. The van der Waals surface area contributed by atoms with Gasteiger partial charge in [-0.3, -0.25) is 14.5 Å². The molecule has 184 valence electrons. The first-order valence-electron chi connectivity index (χ1n) is 11.6. The molecule has 1 aliphatic heterocycles. The number of aromatic nitrogens is 1. The second-order valence-corrected chi connectivity index (χ2v) is 8.68. The van der Waals surface area contributed by atoms with E-state index in [1.165, 1.54) is 6.07 Å². The fourth-order valence-electron chi connectivity index (χ4n) is 4.20. The third kappa shape index (κ3) is 6.58. The number of nitrogens with zero attached hydrogens (tertiary/aromatic N) is 2. The number of nitrogens with two attached hydrogens (primary N) is 1. The standard InChI is InChI=1S/C26H28F2N4O3/c27-21-5-2-18(14-22(21)28)15-23(31-25(34)16-32-9-11-35-12-10-32)24(33)6-3-17-1-4-20-19(13-17)7-8-30-26(20)29/h1-2,4-5,7-8,13-14,23H,3,6,9-12,15-16H2,(H2,29,30)(H,31,34)/t23-/m0/s1. The molecule has 0 spiro atoms. The minimum atomic E-state index is -0.988. The fourth-order valence-corrected chi connectivity index (χ4v) is 4.20. The molecule has 2 aromatic carbocycles. The SMILES string of the molecule is Nc1nccc2cc(CCC(=O)[C@H](Cc3ccc(F)c(F)c3)NC(=O)CN3CCOCC3)ccc12. The number of morpholine rings is 1. The van der Waals surface area contributed by atoms with Crippen LogP contribution in [0.25, 0.3) is 10.8 Å². The van der Waals surface area contributed by atoms with Gasteiger partial charge in [-0.05, 0) is 47.6 Å². The van der Waals surface area contributed by atoms with Gasteiger partial charge in [0.1, 0.15) is 5.82 Å². The molecule has 1 atom stereocenters. The summed E-state index contributed by atoms with van der Waals surface area (Å²) in [5.74, 6) is -1.97. The van der Waals surface area contributed by atoms with Crippen molar-refractivity contribution in [3.05, 3.63) is 71.4 Å². The molecule has 0 saturated carbocycles. The van der Waals surface area contributed by atoms with Crippen LogP contribution in [-0.2, 0) is 27.2 Å². The number of halogens is 2. The molecule has 1 amide bonds. The Hall–Kier alpha value is -3.43. The molecule has 1 aromatic heterocycles. The molecule has 3 aromatic rings. The number of hydrogen-bond donors (Lipinski definition) is 2. The zero-order valence-electron chi connectivity index (χ0n) is 19.3. The van der Waals surface area contributed by atoms with Crippen molar-refractivity contribution in [3.8, 4) is 0 Å². The van der Waals surface area contributed by atoms with Gasteiger partial charge in [0.05, 0.1) is 25.8 Å². The normalized spacial score (nSPS) is 15.1. The summed E-state index contributed by atoms with van der Waals surface area (Å²) in [5.41, 5.74) is 7.29. The minimum absolute atomic E-state index is 0.0742. The molecule has 1 aliphatic rings. The summed E-state index contributed by atoms with van der Waals surface area (Å²) >= 11 is 0.